The van der Waals surface area contributed by atoms with Crippen molar-refractivity contribution >= 4 is 9.84 Å². The van der Waals surface area contributed by atoms with E-state index < -0.39 is 9.84 Å². The normalized spacial score (nSPS) is 14.5. The van der Waals surface area contributed by atoms with E-state index >= 15 is 0 Å². The third-order valence-electron chi connectivity index (χ3n) is 3.31. The molecule has 2 aromatic rings. The van der Waals surface area contributed by atoms with Crippen molar-refractivity contribution in [3.8, 4) is 11.5 Å². The molecule has 23 heavy (non-hydrogen) atoms. The van der Waals surface area contributed by atoms with Gasteiger partial charge in [-0.15, -0.1) is 0 Å². The zero-order valence-electron chi connectivity index (χ0n) is 12.6. The molecule has 0 N–H and O–H groups in total. The van der Waals surface area contributed by atoms with Gasteiger partial charge in [-0.1, -0.05) is 5.16 Å². The largest absolute Gasteiger partial charge is 0.490 e. The molecule has 3 rings (SSSR count). The smallest absolute Gasteiger partial charge is 0.185 e. The summed E-state index contributed by atoms with van der Waals surface area (Å²) < 4.78 is 46.1. The quantitative estimate of drug-likeness (QED) is 0.822. The first kappa shape index (κ1) is 15.8. The second-order valence-corrected chi connectivity index (χ2v) is 7.13. The molecule has 1 aromatic carbocycles. The number of nitrogens with zero attached hydrogens (tertiary/aromatic N) is 1. The van der Waals surface area contributed by atoms with Gasteiger partial charge in [0.1, 0.15) is 11.4 Å². The zero-order valence-corrected chi connectivity index (χ0v) is 13.5. The first-order valence-electron chi connectivity index (χ1n) is 7.14. The minimum Gasteiger partial charge on any atom is -0.490 e. The topological polar surface area (TPSA) is 87.9 Å². The van der Waals surface area contributed by atoms with Crippen LogP contribution in [0.25, 0.3) is 0 Å². The van der Waals surface area contributed by atoms with Gasteiger partial charge >= 0.3 is 0 Å². The van der Waals surface area contributed by atoms with Crippen molar-refractivity contribution in [3.05, 3.63) is 35.7 Å². The summed E-state index contributed by atoms with van der Waals surface area (Å²) in [5.74, 6) is 0.998. The van der Waals surface area contributed by atoms with Gasteiger partial charge in [-0.2, -0.15) is 0 Å². The summed E-state index contributed by atoms with van der Waals surface area (Å²) in [6.07, 6.45) is 0.761. The van der Waals surface area contributed by atoms with Crippen LogP contribution in [0.2, 0.25) is 0 Å². The molecule has 1 aromatic heterocycles. The van der Waals surface area contributed by atoms with Crippen LogP contribution < -0.4 is 9.47 Å². The first-order valence-corrected chi connectivity index (χ1v) is 8.79. The fourth-order valence-corrected chi connectivity index (χ4v) is 3.49. The summed E-state index contributed by atoms with van der Waals surface area (Å²) >= 11 is 0. The zero-order chi connectivity index (χ0) is 16.3. The van der Waals surface area contributed by atoms with Crippen molar-refractivity contribution in [2.75, 3.05) is 20.3 Å². The van der Waals surface area contributed by atoms with E-state index in [0.29, 0.717) is 30.4 Å². The average molecular weight is 339 g/mol. The number of hydrogen-bond acceptors (Lipinski definition) is 7. The number of methoxy groups -OCH3 is 1. The number of rotatable bonds is 5. The Kier molecular flexibility index (Phi) is 4.53. The minimum atomic E-state index is -3.57. The highest BCUT2D eigenvalue weighted by atomic mass is 32.2. The van der Waals surface area contributed by atoms with E-state index in [1.807, 2.05) is 0 Å². The van der Waals surface area contributed by atoms with E-state index in [9.17, 15) is 8.42 Å². The summed E-state index contributed by atoms with van der Waals surface area (Å²) in [7, 11) is -2.04. The lowest BCUT2D eigenvalue weighted by Crippen LogP contribution is -2.05. The molecule has 0 aliphatic carbocycles. The first-order chi connectivity index (χ1) is 11.1. The van der Waals surface area contributed by atoms with E-state index in [1.165, 1.54) is 19.2 Å². The van der Waals surface area contributed by atoms with E-state index in [1.54, 1.807) is 12.1 Å². The highest BCUT2D eigenvalue weighted by Crippen LogP contribution is 2.32. The SMILES string of the molecule is COCc1cc(CS(=O)(=O)c2ccc3c(c2)OCCCO3)on1. The fraction of sp³-hybridized carbons (Fsp3) is 0.400. The van der Waals surface area contributed by atoms with E-state index in [0.717, 1.165) is 6.42 Å². The Labute approximate surface area is 134 Å². The molecular formula is C15H17NO6S. The number of aromatic nitrogens is 1. The Hall–Kier alpha value is -2.06. The van der Waals surface area contributed by atoms with Crippen molar-refractivity contribution in [1.82, 2.24) is 5.16 Å². The van der Waals surface area contributed by atoms with Gasteiger partial charge in [-0.25, -0.2) is 8.42 Å². The number of hydrogen-bond donors (Lipinski definition) is 0. The third kappa shape index (κ3) is 3.65. The minimum absolute atomic E-state index is 0.159. The summed E-state index contributed by atoms with van der Waals surface area (Å²) in [5, 5.41) is 3.76. The van der Waals surface area contributed by atoms with Crippen LogP contribution in [-0.2, 0) is 26.9 Å². The molecule has 124 valence electrons. The lowest BCUT2D eigenvalue weighted by Gasteiger charge is -2.09. The van der Waals surface area contributed by atoms with Crippen molar-refractivity contribution in [2.45, 2.75) is 23.7 Å². The summed E-state index contributed by atoms with van der Waals surface area (Å²) in [4.78, 5) is 0.159. The van der Waals surface area contributed by atoms with Gasteiger partial charge in [0.2, 0.25) is 0 Å². The molecule has 2 heterocycles. The monoisotopic (exact) mass is 339 g/mol. The third-order valence-corrected chi connectivity index (χ3v) is 4.95. The molecule has 1 aliphatic heterocycles. The molecule has 0 saturated heterocycles. The second kappa shape index (κ2) is 6.59. The lowest BCUT2D eigenvalue weighted by atomic mass is 10.3. The van der Waals surface area contributed by atoms with Crippen LogP contribution >= 0.6 is 0 Å². The molecular weight excluding hydrogens is 322 g/mol. The molecule has 0 bridgehead atoms. The Bertz CT molecular complexity index is 783. The number of benzene rings is 1. The van der Waals surface area contributed by atoms with E-state index in [-0.39, 0.29) is 23.0 Å². The molecule has 0 saturated carbocycles. The van der Waals surface area contributed by atoms with Crippen LogP contribution in [0.1, 0.15) is 17.9 Å². The Balaban J connectivity index is 1.82. The van der Waals surface area contributed by atoms with E-state index in [2.05, 4.69) is 5.16 Å². The summed E-state index contributed by atoms with van der Waals surface area (Å²) in [6, 6.07) is 6.19. The molecule has 7 nitrogen and oxygen atoms in total. The molecule has 0 radical (unpaired) electrons. The van der Waals surface area contributed by atoms with Gasteiger partial charge in [0.25, 0.3) is 0 Å². The van der Waals surface area contributed by atoms with Gasteiger partial charge < -0.3 is 18.7 Å². The molecule has 0 spiro atoms. The average Bonchev–Trinajstić information content (AvgIpc) is 2.82. The van der Waals surface area contributed by atoms with Gasteiger partial charge in [-0.3, -0.25) is 0 Å². The summed E-state index contributed by atoms with van der Waals surface area (Å²) in [5.41, 5.74) is 0.552. The maximum atomic E-state index is 12.5. The molecule has 1 aliphatic rings. The van der Waals surface area contributed by atoms with Gasteiger partial charge in [0.15, 0.2) is 27.1 Å². The lowest BCUT2D eigenvalue weighted by molar-refractivity contribution is 0.177. The van der Waals surface area contributed by atoms with Crippen LogP contribution in [0, 0.1) is 0 Å². The van der Waals surface area contributed by atoms with E-state index in [4.69, 9.17) is 18.7 Å². The van der Waals surface area contributed by atoms with Crippen molar-refractivity contribution < 1.29 is 27.2 Å². The predicted octanol–water partition coefficient (Wildman–Crippen LogP) is 1.96. The van der Waals surface area contributed by atoms with Crippen LogP contribution in [0.3, 0.4) is 0 Å². The predicted molar refractivity (Wildman–Crippen MR) is 80.2 cm³/mol. The maximum Gasteiger partial charge on any atom is 0.185 e. The van der Waals surface area contributed by atoms with Gasteiger partial charge in [0.05, 0.1) is 24.7 Å². The van der Waals surface area contributed by atoms with Crippen molar-refractivity contribution in [2.24, 2.45) is 0 Å². The van der Waals surface area contributed by atoms with Crippen molar-refractivity contribution in [3.63, 3.8) is 0 Å². The standard InChI is InChI=1S/C15H17NO6S/c1-19-9-11-7-12(22-16-11)10-23(17,18)13-3-4-14-15(8-13)21-6-2-5-20-14/h3-4,7-8H,2,5-6,9-10H2,1H3. The Morgan fingerprint density at radius 1 is 1.17 bits per heavy atom. The number of ether oxygens (including phenoxy) is 3. The van der Waals surface area contributed by atoms with Crippen molar-refractivity contribution in [1.29, 1.82) is 0 Å². The fourth-order valence-electron chi connectivity index (χ4n) is 2.25. The molecule has 8 heteroatoms. The van der Waals surface area contributed by atoms with Gasteiger partial charge in [-0.05, 0) is 12.1 Å². The highest BCUT2D eigenvalue weighted by molar-refractivity contribution is 7.90. The van der Waals surface area contributed by atoms with Crippen LogP contribution in [0.5, 0.6) is 11.5 Å². The second-order valence-electron chi connectivity index (χ2n) is 5.14. The van der Waals surface area contributed by atoms with Crippen LogP contribution in [0.15, 0.2) is 33.7 Å². The highest BCUT2D eigenvalue weighted by Gasteiger charge is 2.21. The molecule has 0 fully saturated rings. The number of fused-ring (bicyclic) bond motifs is 1. The summed E-state index contributed by atoms with van der Waals surface area (Å²) in [6.45, 7) is 1.33. The molecule has 0 amide bonds. The molecule has 0 atom stereocenters. The van der Waals surface area contributed by atoms with Crippen LogP contribution in [0.4, 0.5) is 0 Å². The number of sulfone groups is 1. The van der Waals surface area contributed by atoms with Gasteiger partial charge in [0, 0.05) is 25.7 Å². The maximum absolute atomic E-state index is 12.5. The Morgan fingerprint density at radius 2 is 1.96 bits per heavy atom. The molecule has 0 unspecified atom stereocenters. The van der Waals surface area contributed by atoms with Crippen LogP contribution in [-0.4, -0.2) is 33.9 Å². The Morgan fingerprint density at radius 3 is 2.74 bits per heavy atom.